The van der Waals surface area contributed by atoms with E-state index in [9.17, 15) is 4.39 Å². The zero-order chi connectivity index (χ0) is 14.5. The predicted molar refractivity (Wildman–Crippen MR) is 81.1 cm³/mol. The van der Waals surface area contributed by atoms with Crippen LogP contribution < -0.4 is 5.32 Å². The smallest absolute Gasteiger partial charge is 0.194 e. The predicted octanol–water partition coefficient (Wildman–Crippen LogP) is 4.17. The molecule has 20 heavy (non-hydrogen) atoms. The van der Waals surface area contributed by atoms with Crippen LogP contribution in [0.15, 0.2) is 33.3 Å². The first-order chi connectivity index (χ1) is 9.56. The van der Waals surface area contributed by atoms with Crippen molar-refractivity contribution in [2.75, 3.05) is 6.54 Å². The van der Waals surface area contributed by atoms with Crippen molar-refractivity contribution >= 4 is 15.9 Å². The van der Waals surface area contributed by atoms with Gasteiger partial charge in [-0.2, -0.15) is 0 Å². The zero-order valence-electron chi connectivity index (χ0n) is 11.6. The second-order valence-corrected chi connectivity index (χ2v) is 5.81. The van der Waals surface area contributed by atoms with E-state index in [0.717, 1.165) is 24.9 Å². The van der Waals surface area contributed by atoms with Crippen molar-refractivity contribution in [3.05, 3.63) is 40.6 Å². The van der Waals surface area contributed by atoms with Crippen LogP contribution in [0.2, 0.25) is 0 Å². The summed E-state index contributed by atoms with van der Waals surface area (Å²) < 4.78 is 19.4. The third-order valence-electron chi connectivity index (χ3n) is 2.87. The van der Waals surface area contributed by atoms with Crippen LogP contribution in [-0.2, 0) is 6.42 Å². The SMILES string of the molecule is CC(C)NCCCc1ncc(-c2ccc(F)cc2Br)o1. The van der Waals surface area contributed by atoms with Gasteiger partial charge in [0, 0.05) is 22.5 Å². The molecule has 0 saturated carbocycles. The first kappa shape index (κ1) is 15.2. The molecule has 108 valence electrons. The Morgan fingerprint density at radius 1 is 1.40 bits per heavy atom. The average molecular weight is 341 g/mol. The summed E-state index contributed by atoms with van der Waals surface area (Å²) in [5, 5.41) is 3.35. The Labute approximate surface area is 126 Å². The van der Waals surface area contributed by atoms with Gasteiger partial charge >= 0.3 is 0 Å². The lowest BCUT2D eigenvalue weighted by molar-refractivity contribution is 0.484. The third kappa shape index (κ3) is 4.15. The van der Waals surface area contributed by atoms with Crippen molar-refractivity contribution < 1.29 is 8.81 Å². The molecule has 1 aromatic heterocycles. The Morgan fingerprint density at radius 3 is 2.90 bits per heavy atom. The minimum absolute atomic E-state index is 0.278. The highest BCUT2D eigenvalue weighted by atomic mass is 79.9. The Morgan fingerprint density at radius 2 is 2.20 bits per heavy atom. The number of nitrogens with one attached hydrogen (secondary N) is 1. The molecule has 0 saturated heterocycles. The molecule has 0 aliphatic heterocycles. The minimum Gasteiger partial charge on any atom is -0.441 e. The summed E-state index contributed by atoms with van der Waals surface area (Å²) in [6.07, 6.45) is 3.45. The van der Waals surface area contributed by atoms with E-state index in [1.807, 2.05) is 0 Å². The molecular weight excluding hydrogens is 323 g/mol. The van der Waals surface area contributed by atoms with Gasteiger partial charge in [0.25, 0.3) is 0 Å². The zero-order valence-corrected chi connectivity index (χ0v) is 13.2. The molecule has 0 bridgehead atoms. The molecule has 1 aromatic carbocycles. The lowest BCUT2D eigenvalue weighted by Crippen LogP contribution is -2.23. The second-order valence-electron chi connectivity index (χ2n) is 4.95. The monoisotopic (exact) mass is 340 g/mol. The van der Waals surface area contributed by atoms with E-state index in [1.165, 1.54) is 12.1 Å². The van der Waals surface area contributed by atoms with Gasteiger partial charge in [-0.15, -0.1) is 0 Å². The van der Waals surface area contributed by atoms with Crippen LogP contribution in [0.5, 0.6) is 0 Å². The van der Waals surface area contributed by atoms with Gasteiger partial charge in [-0.3, -0.25) is 0 Å². The maximum absolute atomic E-state index is 13.1. The van der Waals surface area contributed by atoms with Gasteiger partial charge in [-0.1, -0.05) is 13.8 Å². The molecule has 0 radical (unpaired) electrons. The van der Waals surface area contributed by atoms with Crippen molar-refractivity contribution in [1.82, 2.24) is 10.3 Å². The van der Waals surface area contributed by atoms with Crippen LogP contribution >= 0.6 is 15.9 Å². The molecule has 5 heteroatoms. The summed E-state index contributed by atoms with van der Waals surface area (Å²) in [5.41, 5.74) is 0.811. The molecule has 0 spiro atoms. The molecule has 0 amide bonds. The summed E-state index contributed by atoms with van der Waals surface area (Å²) in [6, 6.07) is 5.01. The van der Waals surface area contributed by atoms with Gasteiger partial charge in [-0.25, -0.2) is 9.37 Å². The fourth-order valence-corrected chi connectivity index (χ4v) is 2.42. The Kier molecular flexibility index (Phi) is 5.31. The topological polar surface area (TPSA) is 38.1 Å². The Bertz CT molecular complexity index is 569. The van der Waals surface area contributed by atoms with Crippen molar-refractivity contribution in [2.45, 2.75) is 32.7 Å². The summed E-state index contributed by atoms with van der Waals surface area (Å²) in [7, 11) is 0. The van der Waals surface area contributed by atoms with Gasteiger partial charge in [0.1, 0.15) is 5.82 Å². The van der Waals surface area contributed by atoms with Crippen LogP contribution in [0.3, 0.4) is 0 Å². The van der Waals surface area contributed by atoms with E-state index < -0.39 is 0 Å². The number of aromatic nitrogens is 1. The number of nitrogens with zero attached hydrogens (tertiary/aromatic N) is 1. The Balaban J connectivity index is 1.98. The fraction of sp³-hybridized carbons (Fsp3) is 0.400. The van der Waals surface area contributed by atoms with E-state index in [0.29, 0.717) is 22.2 Å². The van der Waals surface area contributed by atoms with Crippen LogP contribution in [0.1, 0.15) is 26.2 Å². The highest BCUT2D eigenvalue weighted by Gasteiger charge is 2.10. The van der Waals surface area contributed by atoms with Crippen LogP contribution in [-0.4, -0.2) is 17.6 Å². The van der Waals surface area contributed by atoms with E-state index >= 15 is 0 Å². The van der Waals surface area contributed by atoms with Crippen LogP contribution in [0.4, 0.5) is 4.39 Å². The normalized spacial score (nSPS) is 11.2. The van der Waals surface area contributed by atoms with E-state index in [1.54, 1.807) is 12.3 Å². The number of aryl methyl sites for hydroxylation is 1. The lowest BCUT2D eigenvalue weighted by Gasteiger charge is -2.06. The van der Waals surface area contributed by atoms with Gasteiger partial charge in [0.15, 0.2) is 11.7 Å². The average Bonchev–Trinajstić information content (AvgIpc) is 2.83. The molecule has 0 unspecified atom stereocenters. The van der Waals surface area contributed by atoms with Gasteiger partial charge in [0.2, 0.25) is 0 Å². The Hall–Kier alpha value is -1.20. The largest absolute Gasteiger partial charge is 0.441 e. The molecule has 3 nitrogen and oxygen atoms in total. The highest BCUT2D eigenvalue weighted by Crippen LogP contribution is 2.29. The minimum atomic E-state index is -0.278. The summed E-state index contributed by atoms with van der Waals surface area (Å²) in [6.45, 7) is 5.18. The summed E-state index contributed by atoms with van der Waals surface area (Å²) in [5.74, 6) is 1.09. The molecule has 0 fully saturated rings. The molecule has 1 N–H and O–H groups in total. The van der Waals surface area contributed by atoms with Crippen molar-refractivity contribution in [1.29, 1.82) is 0 Å². The van der Waals surface area contributed by atoms with Crippen LogP contribution in [0.25, 0.3) is 11.3 Å². The molecule has 2 aromatic rings. The van der Waals surface area contributed by atoms with Gasteiger partial charge in [-0.05, 0) is 47.1 Å². The molecular formula is C15H18BrFN2O. The number of oxazole rings is 1. The van der Waals surface area contributed by atoms with E-state index in [2.05, 4.69) is 40.1 Å². The van der Waals surface area contributed by atoms with Gasteiger partial charge < -0.3 is 9.73 Å². The maximum atomic E-state index is 13.1. The first-order valence-corrected chi connectivity index (χ1v) is 7.49. The molecule has 1 heterocycles. The second kappa shape index (κ2) is 6.99. The quantitative estimate of drug-likeness (QED) is 0.802. The molecule has 0 aliphatic carbocycles. The summed E-state index contributed by atoms with van der Waals surface area (Å²) in [4.78, 5) is 4.26. The van der Waals surface area contributed by atoms with Gasteiger partial charge in [0.05, 0.1) is 6.20 Å². The van der Waals surface area contributed by atoms with Crippen molar-refractivity contribution in [3.63, 3.8) is 0 Å². The number of benzene rings is 1. The number of hydrogen-bond acceptors (Lipinski definition) is 3. The molecule has 2 rings (SSSR count). The number of hydrogen-bond donors (Lipinski definition) is 1. The van der Waals surface area contributed by atoms with Crippen molar-refractivity contribution in [3.8, 4) is 11.3 Å². The standard InChI is InChI=1S/C15H18BrFN2O/c1-10(2)18-7-3-4-15-19-9-14(20-15)12-6-5-11(17)8-13(12)16/h5-6,8-10,18H,3-4,7H2,1-2H3. The summed E-state index contributed by atoms with van der Waals surface area (Å²) >= 11 is 3.34. The third-order valence-corrected chi connectivity index (χ3v) is 3.53. The maximum Gasteiger partial charge on any atom is 0.194 e. The van der Waals surface area contributed by atoms with E-state index in [-0.39, 0.29) is 5.82 Å². The first-order valence-electron chi connectivity index (χ1n) is 6.70. The molecule has 0 atom stereocenters. The fourth-order valence-electron chi connectivity index (χ4n) is 1.87. The lowest BCUT2D eigenvalue weighted by atomic mass is 10.2. The highest BCUT2D eigenvalue weighted by molar-refractivity contribution is 9.10. The number of halogens is 2. The molecule has 0 aliphatic rings. The van der Waals surface area contributed by atoms with Crippen LogP contribution in [0, 0.1) is 5.82 Å². The number of rotatable bonds is 6. The van der Waals surface area contributed by atoms with Crippen molar-refractivity contribution in [2.24, 2.45) is 0 Å². The van der Waals surface area contributed by atoms with E-state index in [4.69, 9.17) is 4.42 Å².